The fraction of sp³-hybridized carbons (Fsp3) is 0.125. The molecule has 2 N–H and O–H groups in total. The van der Waals surface area contributed by atoms with Gasteiger partial charge in [0.1, 0.15) is 0 Å². The Morgan fingerprint density at radius 2 is 1.83 bits per heavy atom. The summed E-state index contributed by atoms with van der Waals surface area (Å²) in [5.41, 5.74) is 1.98. The molecule has 2 aromatic carbocycles. The van der Waals surface area contributed by atoms with Gasteiger partial charge in [0, 0.05) is 33.7 Å². The molecule has 1 heterocycles. The molecule has 120 valence electrons. The third-order valence-electron chi connectivity index (χ3n) is 3.52. The van der Waals surface area contributed by atoms with E-state index in [4.69, 9.17) is 23.2 Å². The zero-order valence-corrected chi connectivity index (χ0v) is 14.3. The van der Waals surface area contributed by atoms with Crippen molar-refractivity contribution in [2.24, 2.45) is 0 Å². The van der Waals surface area contributed by atoms with Crippen molar-refractivity contribution >= 4 is 44.1 Å². The molecule has 0 spiro atoms. The van der Waals surface area contributed by atoms with Gasteiger partial charge in [-0.2, -0.15) is 0 Å². The topological polar surface area (TPSA) is 62.0 Å². The van der Waals surface area contributed by atoms with Crippen molar-refractivity contribution in [1.82, 2.24) is 9.71 Å². The van der Waals surface area contributed by atoms with Crippen LogP contribution in [0.5, 0.6) is 0 Å². The molecular weight excluding hydrogens is 355 g/mol. The Kier molecular flexibility index (Phi) is 4.64. The molecule has 0 fully saturated rings. The average Bonchev–Trinajstić information content (AvgIpc) is 2.90. The third-order valence-corrected chi connectivity index (χ3v) is 5.45. The van der Waals surface area contributed by atoms with Gasteiger partial charge in [0.05, 0.1) is 4.90 Å². The van der Waals surface area contributed by atoms with Crippen LogP contribution in [0.25, 0.3) is 10.9 Å². The first-order valence-corrected chi connectivity index (χ1v) is 9.20. The standard InChI is InChI=1S/C16H14Cl2N2O2S/c17-12-2-1-3-14(8-12)23(21,22)20-7-6-11-10-19-16-5-4-13(18)9-15(11)16/h1-5,8-10,19-20H,6-7H2. The van der Waals surface area contributed by atoms with Crippen molar-refractivity contribution in [3.63, 3.8) is 0 Å². The van der Waals surface area contributed by atoms with Gasteiger partial charge < -0.3 is 4.98 Å². The van der Waals surface area contributed by atoms with Crippen molar-refractivity contribution < 1.29 is 8.42 Å². The Labute approximate surface area is 144 Å². The molecule has 0 aliphatic heterocycles. The van der Waals surface area contributed by atoms with Gasteiger partial charge in [-0.3, -0.25) is 0 Å². The van der Waals surface area contributed by atoms with E-state index < -0.39 is 10.0 Å². The smallest absolute Gasteiger partial charge is 0.240 e. The molecule has 1 aromatic heterocycles. The second kappa shape index (κ2) is 6.53. The van der Waals surface area contributed by atoms with Gasteiger partial charge in [0.25, 0.3) is 0 Å². The van der Waals surface area contributed by atoms with Crippen LogP contribution in [0.15, 0.2) is 53.6 Å². The lowest BCUT2D eigenvalue weighted by Gasteiger charge is -2.07. The fourth-order valence-electron chi connectivity index (χ4n) is 2.40. The number of benzene rings is 2. The summed E-state index contributed by atoms with van der Waals surface area (Å²) in [5, 5.41) is 2.04. The number of rotatable bonds is 5. The van der Waals surface area contributed by atoms with E-state index in [-0.39, 0.29) is 11.4 Å². The monoisotopic (exact) mass is 368 g/mol. The summed E-state index contributed by atoms with van der Waals surface area (Å²) in [6, 6.07) is 11.8. The fourth-order valence-corrected chi connectivity index (χ4v) is 3.90. The second-order valence-corrected chi connectivity index (χ2v) is 7.75. The maximum absolute atomic E-state index is 12.2. The van der Waals surface area contributed by atoms with Crippen LogP contribution >= 0.6 is 23.2 Å². The maximum Gasteiger partial charge on any atom is 0.240 e. The highest BCUT2D eigenvalue weighted by Crippen LogP contribution is 2.22. The number of hydrogen-bond donors (Lipinski definition) is 2. The third kappa shape index (κ3) is 3.70. The summed E-state index contributed by atoms with van der Waals surface area (Å²) < 4.78 is 27.1. The molecule has 4 nitrogen and oxygen atoms in total. The first-order chi connectivity index (χ1) is 11.0. The quantitative estimate of drug-likeness (QED) is 0.714. The maximum atomic E-state index is 12.2. The van der Waals surface area contributed by atoms with E-state index in [2.05, 4.69) is 9.71 Å². The summed E-state index contributed by atoms with van der Waals surface area (Å²) in [5.74, 6) is 0. The lowest BCUT2D eigenvalue weighted by Crippen LogP contribution is -2.25. The second-order valence-electron chi connectivity index (χ2n) is 5.11. The largest absolute Gasteiger partial charge is 0.361 e. The van der Waals surface area contributed by atoms with Gasteiger partial charge >= 0.3 is 0 Å². The summed E-state index contributed by atoms with van der Waals surface area (Å²) in [6.45, 7) is 0.286. The normalized spacial score (nSPS) is 11.9. The van der Waals surface area contributed by atoms with Gasteiger partial charge in [-0.15, -0.1) is 0 Å². The molecule has 0 bridgehead atoms. The molecule has 0 aliphatic carbocycles. The Morgan fingerprint density at radius 1 is 1.04 bits per heavy atom. The number of aromatic amines is 1. The predicted octanol–water partition coefficient (Wildman–Crippen LogP) is 4.00. The minimum absolute atomic E-state index is 0.159. The van der Waals surface area contributed by atoms with Gasteiger partial charge in [0.2, 0.25) is 10.0 Å². The minimum atomic E-state index is -3.57. The van der Waals surface area contributed by atoms with Crippen molar-refractivity contribution in [2.45, 2.75) is 11.3 Å². The van der Waals surface area contributed by atoms with Crippen LogP contribution in [0.2, 0.25) is 10.0 Å². The highest BCUT2D eigenvalue weighted by Gasteiger charge is 2.14. The Balaban J connectivity index is 1.72. The van der Waals surface area contributed by atoms with E-state index >= 15 is 0 Å². The molecule has 0 unspecified atom stereocenters. The number of sulfonamides is 1. The SMILES string of the molecule is O=S(=O)(NCCc1c[nH]c2ccc(Cl)cc12)c1cccc(Cl)c1. The average molecular weight is 369 g/mol. The number of fused-ring (bicyclic) bond motifs is 1. The summed E-state index contributed by atoms with van der Waals surface area (Å²) in [6.07, 6.45) is 2.43. The van der Waals surface area contributed by atoms with Gasteiger partial charge in [-0.05, 0) is 48.4 Å². The van der Waals surface area contributed by atoms with E-state index in [1.807, 2.05) is 24.4 Å². The lowest BCUT2D eigenvalue weighted by molar-refractivity contribution is 0.581. The van der Waals surface area contributed by atoms with E-state index in [1.165, 1.54) is 12.1 Å². The lowest BCUT2D eigenvalue weighted by atomic mass is 10.1. The van der Waals surface area contributed by atoms with E-state index in [1.54, 1.807) is 12.1 Å². The molecule has 23 heavy (non-hydrogen) atoms. The van der Waals surface area contributed by atoms with Crippen molar-refractivity contribution in [3.8, 4) is 0 Å². The number of halogens is 2. The molecule has 0 aliphatic rings. The Morgan fingerprint density at radius 3 is 2.61 bits per heavy atom. The van der Waals surface area contributed by atoms with Crippen molar-refractivity contribution in [1.29, 1.82) is 0 Å². The van der Waals surface area contributed by atoms with E-state index in [0.29, 0.717) is 16.5 Å². The van der Waals surface area contributed by atoms with Crippen LogP contribution in [0.3, 0.4) is 0 Å². The number of H-pyrrole nitrogens is 1. The molecule has 0 saturated carbocycles. The summed E-state index contributed by atoms with van der Waals surface area (Å²) in [4.78, 5) is 3.31. The van der Waals surface area contributed by atoms with Crippen LogP contribution in [-0.4, -0.2) is 19.9 Å². The van der Waals surface area contributed by atoms with E-state index in [0.717, 1.165) is 16.5 Å². The van der Waals surface area contributed by atoms with Gasteiger partial charge in [0.15, 0.2) is 0 Å². The highest BCUT2D eigenvalue weighted by atomic mass is 35.5. The zero-order chi connectivity index (χ0) is 16.4. The first-order valence-electron chi connectivity index (χ1n) is 6.96. The highest BCUT2D eigenvalue weighted by molar-refractivity contribution is 7.89. The molecule has 3 rings (SSSR count). The number of aromatic nitrogens is 1. The minimum Gasteiger partial charge on any atom is -0.361 e. The zero-order valence-electron chi connectivity index (χ0n) is 12.0. The number of hydrogen-bond acceptors (Lipinski definition) is 2. The molecule has 0 radical (unpaired) electrons. The van der Waals surface area contributed by atoms with Crippen molar-refractivity contribution in [2.75, 3.05) is 6.54 Å². The van der Waals surface area contributed by atoms with Crippen LogP contribution in [0, 0.1) is 0 Å². The van der Waals surface area contributed by atoms with Crippen molar-refractivity contribution in [3.05, 3.63) is 64.3 Å². The van der Waals surface area contributed by atoms with Crippen LogP contribution < -0.4 is 4.72 Å². The summed E-state index contributed by atoms with van der Waals surface area (Å²) in [7, 11) is -3.57. The molecule has 0 amide bonds. The van der Waals surface area contributed by atoms with Gasteiger partial charge in [-0.25, -0.2) is 13.1 Å². The predicted molar refractivity (Wildman–Crippen MR) is 93.7 cm³/mol. The Hall–Kier alpha value is -1.53. The van der Waals surface area contributed by atoms with E-state index in [9.17, 15) is 8.42 Å². The van der Waals surface area contributed by atoms with Gasteiger partial charge in [-0.1, -0.05) is 29.3 Å². The molecule has 3 aromatic rings. The summed E-state index contributed by atoms with van der Waals surface area (Å²) >= 11 is 11.8. The Bertz CT molecular complexity index is 952. The molecule has 0 atom stereocenters. The number of nitrogens with one attached hydrogen (secondary N) is 2. The van der Waals surface area contributed by atoms with Crippen LogP contribution in [0.4, 0.5) is 0 Å². The molecule has 0 saturated heterocycles. The van der Waals surface area contributed by atoms with Crippen LogP contribution in [-0.2, 0) is 16.4 Å². The first kappa shape index (κ1) is 16.3. The molecule has 7 heteroatoms. The molecular formula is C16H14Cl2N2O2S. The van der Waals surface area contributed by atoms with Crippen LogP contribution in [0.1, 0.15) is 5.56 Å².